The van der Waals surface area contributed by atoms with Crippen molar-refractivity contribution < 1.29 is 0 Å². The number of aryl methyl sites for hydroxylation is 1. The Kier molecular flexibility index (Phi) is 13.0. The summed E-state index contributed by atoms with van der Waals surface area (Å²) in [6.45, 7) is 9.66. The molecule has 0 saturated heterocycles. The second-order valence-corrected chi connectivity index (χ2v) is 6.78. The number of aliphatic imine (C=N–C) groups is 1. The molecule has 0 aliphatic carbocycles. The molecule has 144 valence electrons. The normalized spacial score (nSPS) is 11.6. The zero-order valence-electron chi connectivity index (χ0n) is 16.9. The maximum absolute atomic E-state index is 4.40. The van der Waals surface area contributed by atoms with Crippen LogP contribution in [-0.2, 0) is 13.0 Å². The average molecular weight is 460 g/mol. The molecule has 5 heteroatoms. The molecule has 0 aliphatic heterocycles. The Labute approximate surface area is 172 Å². The van der Waals surface area contributed by atoms with Gasteiger partial charge < -0.3 is 15.1 Å². The predicted molar refractivity (Wildman–Crippen MR) is 121 cm³/mol. The Bertz CT molecular complexity index is 485. The number of halogens is 1. The standard InChI is InChI=1S/C20H36N4.HI/c1-7-18-10-12-19(13-11-18)16-24(6)20(21-4)22-14-8-9-15-23(5)17(2)3;/h10-13,17H,7-9,14-16H2,1-6H3,(H,21,22);1H. The van der Waals surface area contributed by atoms with E-state index in [1.54, 1.807) is 0 Å². The Morgan fingerprint density at radius 2 is 1.68 bits per heavy atom. The molecule has 0 bridgehead atoms. The van der Waals surface area contributed by atoms with Crippen LogP contribution < -0.4 is 5.32 Å². The highest BCUT2D eigenvalue weighted by Crippen LogP contribution is 2.07. The van der Waals surface area contributed by atoms with E-state index in [-0.39, 0.29) is 24.0 Å². The summed E-state index contributed by atoms with van der Waals surface area (Å²) in [5.41, 5.74) is 2.70. The number of hydrogen-bond donors (Lipinski definition) is 1. The summed E-state index contributed by atoms with van der Waals surface area (Å²) in [4.78, 5) is 8.97. The third-order valence-electron chi connectivity index (χ3n) is 4.53. The topological polar surface area (TPSA) is 30.9 Å². The summed E-state index contributed by atoms with van der Waals surface area (Å²) in [6, 6.07) is 9.47. The van der Waals surface area contributed by atoms with E-state index < -0.39 is 0 Å². The van der Waals surface area contributed by atoms with Gasteiger partial charge in [-0.15, -0.1) is 24.0 Å². The maximum Gasteiger partial charge on any atom is 0.193 e. The number of benzene rings is 1. The lowest BCUT2D eigenvalue weighted by molar-refractivity contribution is 0.268. The van der Waals surface area contributed by atoms with Crippen LogP contribution in [0.3, 0.4) is 0 Å². The molecule has 1 aromatic carbocycles. The Morgan fingerprint density at radius 1 is 1.08 bits per heavy atom. The van der Waals surface area contributed by atoms with Crippen molar-refractivity contribution in [3.05, 3.63) is 35.4 Å². The smallest absolute Gasteiger partial charge is 0.193 e. The van der Waals surface area contributed by atoms with Crippen LogP contribution in [0.15, 0.2) is 29.3 Å². The molecule has 0 atom stereocenters. The fourth-order valence-electron chi connectivity index (χ4n) is 2.56. The van der Waals surface area contributed by atoms with E-state index in [2.05, 4.69) is 79.2 Å². The van der Waals surface area contributed by atoms with Crippen LogP contribution in [0.2, 0.25) is 0 Å². The maximum atomic E-state index is 4.40. The molecular weight excluding hydrogens is 423 g/mol. The molecule has 0 aliphatic rings. The van der Waals surface area contributed by atoms with Gasteiger partial charge in [-0.1, -0.05) is 31.2 Å². The monoisotopic (exact) mass is 460 g/mol. The first-order valence-corrected chi connectivity index (χ1v) is 9.17. The first kappa shape index (κ1) is 24.2. The van der Waals surface area contributed by atoms with E-state index >= 15 is 0 Å². The molecule has 0 spiro atoms. The molecule has 4 nitrogen and oxygen atoms in total. The summed E-state index contributed by atoms with van der Waals surface area (Å²) in [7, 11) is 6.13. The first-order valence-electron chi connectivity index (χ1n) is 9.17. The van der Waals surface area contributed by atoms with Crippen molar-refractivity contribution in [1.82, 2.24) is 15.1 Å². The molecule has 0 heterocycles. The fourth-order valence-corrected chi connectivity index (χ4v) is 2.56. The van der Waals surface area contributed by atoms with Crippen molar-refractivity contribution >= 4 is 29.9 Å². The van der Waals surface area contributed by atoms with Crippen molar-refractivity contribution in [1.29, 1.82) is 0 Å². The van der Waals surface area contributed by atoms with Gasteiger partial charge in [0.15, 0.2) is 5.96 Å². The molecular formula is C20H37IN4. The molecule has 0 amide bonds. The van der Waals surface area contributed by atoms with E-state index in [9.17, 15) is 0 Å². The van der Waals surface area contributed by atoms with Crippen LogP contribution in [0.4, 0.5) is 0 Å². The zero-order valence-corrected chi connectivity index (χ0v) is 19.2. The quantitative estimate of drug-likeness (QED) is 0.262. The minimum absolute atomic E-state index is 0. The van der Waals surface area contributed by atoms with Crippen LogP contribution in [-0.4, -0.2) is 56.0 Å². The Balaban J connectivity index is 0.00000576. The van der Waals surface area contributed by atoms with Crippen LogP contribution in [0.5, 0.6) is 0 Å². The van der Waals surface area contributed by atoms with Crippen LogP contribution in [0.1, 0.15) is 44.7 Å². The number of guanidine groups is 1. The van der Waals surface area contributed by atoms with Crippen molar-refractivity contribution in [2.45, 2.75) is 52.6 Å². The van der Waals surface area contributed by atoms with E-state index in [0.717, 1.165) is 38.4 Å². The van der Waals surface area contributed by atoms with Gasteiger partial charge in [0.05, 0.1) is 0 Å². The van der Waals surface area contributed by atoms with Crippen molar-refractivity contribution in [2.24, 2.45) is 4.99 Å². The van der Waals surface area contributed by atoms with Crippen LogP contribution in [0, 0.1) is 0 Å². The molecule has 25 heavy (non-hydrogen) atoms. The largest absolute Gasteiger partial charge is 0.356 e. The number of hydrogen-bond acceptors (Lipinski definition) is 2. The van der Waals surface area contributed by atoms with Crippen molar-refractivity contribution in [3.8, 4) is 0 Å². The zero-order chi connectivity index (χ0) is 17.9. The third kappa shape index (κ3) is 9.45. The molecule has 1 N–H and O–H groups in total. The van der Waals surface area contributed by atoms with E-state index in [0.29, 0.717) is 6.04 Å². The summed E-state index contributed by atoms with van der Waals surface area (Å²) in [5.74, 6) is 0.965. The summed E-state index contributed by atoms with van der Waals surface area (Å²) < 4.78 is 0. The average Bonchev–Trinajstić information content (AvgIpc) is 2.58. The van der Waals surface area contributed by atoms with Gasteiger partial charge >= 0.3 is 0 Å². The lowest BCUT2D eigenvalue weighted by Crippen LogP contribution is -2.39. The van der Waals surface area contributed by atoms with Gasteiger partial charge in [0.1, 0.15) is 0 Å². The lowest BCUT2D eigenvalue weighted by Gasteiger charge is -2.23. The van der Waals surface area contributed by atoms with Gasteiger partial charge in [0.25, 0.3) is 0 Å². The molecule has 0 unspecified atom stereocenters. The Morgan fingerprint density at radius 3 is 2.20 bits per heavy atom. The highest BCUT2D eigenvalue weighted by atomic mass is 127. The van der Waals surface area contributed by atoms with Gasteiger partial charge in [-0.3, -0.25) is 4.99 Å². The molecule has 1 rings (SSSR count). The lowest BCUT2D eigenvalue weighted by atomic mass is 10.1. The van der Waals surface area contributed by atoms with Gasteiger partial charge in [0.2, 0.25) is 0 Å². The van der Waals surface area contributed by atoms with Crippen LogP contribution in [0.25, 0.3) is 0 Å². The highest BCUT2D eigenvalue weighted by Gasteiger charge is 2.07. The molecule has 0 radical (unpaired) electrons. The molecule has 0 aromatic heterocycles. The highest BCUT2D eigenvalue weighted by molar-refractivity contribution is 14.0. The minimum atomic E-state index is 0. The van der Waals surface area contributed by atoms with Crippen molar-refractivity contribution in [3.63, 3.8) is 0 Å². The number of nitrogens with zero attached hydrogens (tertiary/aromatic N) is 3. The predicted octanol–water partition coefficient (Wildman–Crippen LogP) is 3.99. The number of nitrogens with one attached hydrogen (secondary N) is 1. The van der Waals surface area contributed by atoms with Crippen LogP contribution >= 0.6 is 24.0 Å². The van der Waals surface area contributed by atoms with Gasteiger partial charge in [0, 0.05) is 33.2 Å². The molecule has 0 saturated carbocycles. The second kappa shape index (κ2) is 13.4. The number of rotatable bonds is 9. The first-order chi connectivity index (χ1) is 11.5. The Hall–Kier alpha value is -0.820. The third-order valence-corrected chi connectivity index (χ3v) is 4.53. The molecule has 1 aromatic rings. The summed E-state index contributed by atoms with van der Waals surface area (Å²) in [5, 5.41) is 3.47. The van der Waals surface area contributed by atoms with E-state index in [1.165, 1.54) is 17.5 Å². The number of unbranched alkanes of at least 4 members (excludes halogenated alkanes) is 1. The summed E-state index contributed by atoms with van der Waals surface area (Å²) in [6.07, 6.45) is 3.46. The summed E-state index contributed by atoms with van der Waals surface area (Å²) >= 11 is 0. The minimum Gasteiger partial charge on any atom is -0.356 e. The van der Waals surface area contributed by atoms with Gasteiger partial charge in [-0.05, 0) is 57.8 Å². The second-order valence-electron chi connectivity index (χ2n) is 6.78. The van der Waals surface area contributed by atoms with Gasteiger partial charge in [-0.2, -0.15) is 0 Å². The molecule has 0 fully saturated rings. The van der Waals surface area contributed by atoms with E-state index in [4.69, 9.17) is 0 Å². The SMILES string of the molecule is CCc1ccc(CN(C)C(=NC)NCCCCN(C)C(C)C)cc1.I. The van der Waals surface area contributed by atoms with Gasteiger partial charge in [-0.25, -0.2) is 0 Å². The van der Waals surface area contributed by atoms with E-state index in [1.807, 2.05) is 7.05 Å². The fraction of sp³-hybridized carbons (Fsp3) is 0.650. The van der Waals surface area contributed by atoms with Crippen molar-refractivity contribution in [2.75, 3.05) is 34.2 Å².